The van der Waals surface area contributed by atoms with Gasteiger partial charge >= 0.3 is 5.97 Å². The first-order valence-corrected chi connectivity index (χ1v) is 8.36. The molecule has 0 fully saturated rings. The first-order valence-electron chi connectivity index (χ1n) is 6.47. The number of rotatable bonds is 4. The van der Waals surface area contributed by atoms with Gasteiger partial charge in [-0.3, -0.25) is 0 Å². The molecule has 2 aromatic rings. The second kappa shape index (κ2) is 5.88. The van der Waals surface area contributed by atoms with E-state index < -0.39 is 22.5 Å². The third-order valence-electron chi connectivity index (χ3n) is 3.34. The second-order valence-corrected chi connectivity index (χ2v) is 7.07. The molecule has 0 saturated carbocycles. The van der Waals surface area contributed by atoms with Crippen LogP contribution in [0.1, 0.15) is 21.5 Å². The summed E-state index contributed by atoms with van der Waals surface area (Å²) in [7, 11) is -3.66. The summed E-state index contributed by atoms with van der Waals surface area (Å²) >= 11 is 0. The number of halogens is 1. The standard InChI is InChI=1S/C16H15FO4S/c1-10-3-5-11(6-4-10)13-7-12(9-17)14(16(18)19)8-15(13)22(2,20)21/h3-8H,9H2,1-2H3,(H,18,19). The lowest BCUT2D eigenvalue weighted by Gasteiger charge is -2.13. The molecule has 0 aliphatic rings. The minimum Gasteiger partial charge on any atom is -0.478 e. The van der Waals surface area contributed by atoms with E-state index in [-0.39, 0.29) is 16.0 Å². The Hall–Kier alpha value is -2.21. The van der Waals surface area contributed by atoms with E-state index in [9.17, 15) is 17.6 Å². The van der Waals surface area contributed by atoms with Crippen LogP contribution in [0.2, 0.25) is 0 Å². The average Bonchev–Trinajstić information content (AvgIpc) is 2.45. The molecule has 2 rings (SSSR count). The molecule has 116 valence electrons. The Bertz CT molecular complexity index is 824. The first-order chi connectivity index (χ1) is 10.2. The number of aromatic carboxylic acids is 1. The van der Waals surface area contributed by atoms with Crippen molar-refractivity contribution in [2.45, 2.75) is 18.5 Å². The summed E-state index contributed by atoms with van der Waals surface area (Å²) in [5.41, 5.74) is 1.52. The summed E-state index contributed by atoms with van der Waals surface area (Å²) in [6.07, 6.45) is 1.00. The monoisotopic (exact) mass is 322 g/mol. The van der Waals surface area contributed by atoms with Gasteiger partial charge in [-0.2, -0.15) is 0 Å². The molecule has 0 spiro atoms. The number of carboxylic acid groups (broad SMARTS) is 1. The number of alkyl halides is 1. The smallest absolute Gasteiger partial charge is 0.336 e. The van der Waals surface area contributed by atoms with Gasteiger partial charge in [0, 0.05) is 11.8 Å². The Morgan fingerprint density at radius 1 is 1.18 bits per heavy atom. The molecule has 0 aromatic heterocycles. The van der Waals surface area contributed by atoms with E-state index in [4.69, 9.17) is 5.11 Å². The Morgan fingerprint density at radius 2 is 1.77 bits per heavy atom. The van der Waals surface area contributed by atoms with Gasteiger partial charge in [-0.05, 0) is 30.2 Å². The van der Waals surface area contributed by atoms with Gasteiger partial charge in [-0.1, -0.05) is 29.8 Å². The maximum Gasteiger partial charge on any atom is 0.336 e. The number of hydrogen-bond donors (Lipinski definition) is 1. The molecule has 2 aromatic carbocycles. The molecular formula is C16H15FO4S. The predicted molar refractivity (Wildman–Crippen MR) is 81.5 cm³/mol. The molecular weight excluding hydrogens is 307 g/mol. The van der Waals surface area contributed by atoms with Gasteiger partial charge in [0.25, 0.3) is 0 Å². The summed E-state index contributed by atoms with van der Waals surface area (Å²) in [5.74, 6) is -1.35. The highest BCUT2D eigenvalue weighted by molar-refractivity contribution is 7.90. The Morgan fingerprint density at radius 3 is 2.23 bits per heavy atom. The van der Waals surface area contributed by atoms with Gasteiger partial charge in [0.15, 0.2) is 9.84 Å². The van der Waals surface area contributed by atoms with Gasteiger partial charge in [0.05, 0.1) is 10.5 Å². The van der Waals surface area contributed by atoms with E-state index in [1.165, 1.54) is 6.07 Å². The van der Waals surface area contributed by atoms with Crippen LogP contribution in [0.4, 0.5) is 4.39 Å². The lowest BCUT2D eigenvalue weighted by atomic mass is 9.98. The maximum absolute atomic E-state index is 13.1. The molecule has 0 bridgehead atoms. The number of hydrogen-bond acceptors (Lipinski definition) is 3. The molecule has 0 amide bonds. The first kappa shape index (κ1) is 16.2. The SMILES string of the molecule is Cc1ccc(-c2cc(CF)c(C(=O)O)cc2S(C)(=O)=O)cc1. The molecule has 0 aliphatic carbocycles. The fourth-order valence-corrected chi connectivity index (χ4v) is 3.11. The Kier molecular flexibility index (Phi) is 4.32. The lowest BCUT2D eigenvalue weighted by molar-refractivity contribution is 0.0694. The molecule has 0 unspecified atom stereocenters. The molecule has 0 saturated heterocycles. The Balaban J connectivity index is 2.81. The fourth-order valence-electron chi connectivity index (χ4n) is 2.20. The zero-order valence-corrected chi connectivity index (χ0v) is 12.9. The van der Waals surface area contributed by atoms with Gasteiger partial charge in [-0.25, -0.2) is 17.6 Å². The molecule has 22 heavy (non-hydrogen) atoms. The normalized spacial score (nSPS) is 11.4. The Labute approximate surface area is 128 Å². The van der Waals surface area contributed by atoms with Crippen molar-refractivity contribution >= 4 is 15.8 Å². The summed E-state index contributed by atoms with van der Waals surface area (Å²) in [6, 6.07) is 9.39. The van der Waals surface area contributed by atoms with Gasteiger partial charge < -0.3 is 5.11 Å². The van der Waals surface area contributed by atoms with Gasteiger partial charge in [0.1, 0.15) is 6.67 Å². The highest BCUT2D eigenvalue weighted by Crippen LogP contribution is 2.31. The zero-order valence-electron chi connectivity index (χ0n) is 12.1. The van der Waals surface area contributed by atoms with Crippen LogP contribution >= 0.6 is 0 Å². The molecule has 6 heteroatoms. The topological polar surface area (TPSA) is 71.4 Å². The molecule has 0 aliphatic heterocycles. The summed E-state index contributed by atoms with van der Waals surface area (Å²) in [5, 5.41) is 9.12. The summed E-state index contributed by atoms with van der Waals surface area (Å²) in [6.45, 7) is 0.909. The van der Waals surface area contributed by atoms with Crippen LogP contribution in [0, 0.1) is 6.92 Å². The minimum atomic E-state index is -3.66. The van der Waals surface area contributed by atoms with Crippen LogP contribution in [0.3, 0.4) is 0 Å². The molecule has 1 N–H and O–H groups in total. The molecule has 0 atom stereocenters. The molecule has 0 heterocycles. The number of aryl methyl sites for hydroxylation is 1. The van der Waals surface area contributed by atoms with Crippen LogP contribution < -0.4 is 0 Å². The number of carboxylic acids is 1. The summed E-state index contributed by atoms with van der Waals surface area (Å²) in [4.78, 5) is 11.1. The van der Waals surface area contributed by atoms with Crippen molar-refractivity contribution < 1.29 is 22.7 Å². The van der Waals surface area contributed by atoms with Crippen LogP contribution in [0.25, 0.3) is 11.1 Å². The van der Waals surface area contributed by atoms with E-state index in [2.05, 4.69) is 0 Å². The van der Waals surface area contributed by atoms with E-state index >= 15 is 0 Å². The third-order valence-corrected chi connectivity index (χ3v) is 4.48. The summed E-state index contributed by atoms with van der Waals surface area (Å²) < 4.78 is 37.1. The number of sulfone groups is 1. The van der Waals surface area contributed by atoms with Crippen molar-refractivity contribution in [2.24, 2.45) is 0 Å². The highest BCUT2D eigenvalue weighted by atomic mass is 32.2. The van der Waals surface area contributed by atoms with Crippen molar-refractivity contribution in [1.29, 1.82) is 0 Å². The largest absolute Gasteiger partial charge is 0.478 e. The molecule has 4 nitrogen and oxygen atoms in total. The second-order valence-electron chi connectivity index (χ2n) is 5.08. The van der Waals surface area contributed by atoms with Gasteiger partial charge in [-0.15, -0.1) is 0 Å². The van der Waals surface area contributed by atoms with Gasteiger partial charge in [0.2, 0.25) is 0 Å². The van der Waals surface area contributed by atoms with Crippen LogP contribution in [0.15, 0.2) is 41.3 Å². The van der Waals surface area contributed by atoms with Crippen molar-refractivity contribution in [3.8, 4) is 11.1 Å². The van der Waals surface area contributed by atoms with E-state index in [0.29, 0.717) is 11.1 Å². The average molecular weight is 322 g/mol. The molecule has 0 radical (unpaired) electrons. The maximum atomic E-state index is 13.1. The number of carbonyl (C=O) groups is 1. The fraction of sp³-hybridized carbons (Fsp3) is 0.188. The lowest BCUT2D eigenvalue weighted by Crippen LogP contribution is -2.07. The van der Waals surface area contributed by atoms with Crippen molar-refractivity contribution in [2.75, 3.05) is 6.26 Å². The van der Waals surface area contributed by atoms with Crippen LogP contribution in [-0.2, 0) is 16.5 Å². The highest BCUT2D eigenvalue weighted by Gasteiger charge is 2.21. The van der Waals surface area contributed by atoms with Crippen molar-refractivity contribution in [1.82, 2.24) is 0 Å². The van der Waals surface area contributed by atoms with E-state index in [0.717, 1.165) is 17.9 Å². The van der Waals surface area contributed by atoms with E-state index in [1.807, 2.05) is 19.1 Å². The quantitative estimate of drug-likeness (QED) is 0.938. The number of benzene rings is 2. The minimum absolute atomic E-state index is 0.0459. The third kappa shape index (κ3) is 3.17. The van der Waals surface area contributed by atoms with E-state index in [1.54, 1.807) is 12.1 Å². The predicted octanol–water partition coefficient (Wildman–Crippen LogP) is 3.23. The van der Waals surface area contributed by atoms with Crippen molar-refractivity contribution in [3.05, 3.63) is 53.1 Å². The zero-order chi connectivity index (χ0) is 16.5. The van der Waals surface area contributed by atoms with Crippen molar-refractivity contribution in [3.63, 3.8) is 0 Å². The van der Waals surface area contributed by atoms with Crippen LogP contribution in [0.5, 0.6) is 0 Å². The van der Waals surface area contributed by atoms with Crippen LogP contribution in [-0.4, -0.2) is 25.7 Å².